The molecule has 1 aromatic carbocycles. The molecule has 4 nitrogen and oxygen atoms in total. The predicted molar refractivity (Wildman–Crippen MR) is 106 cm³/mol. The number of thiophene rings is 1. The first-order valence-electron chi connectivity index (χ1n) is 8.81. The maximum atomic E-state index is 12.3. The third-order valence-corrected chi connectivity index (χ3v) is 5.79. The van der Waals surface area contributed by atoms with Gasteiger partial charge in [-0.05, 0) is 47.9 Å². The van der Waals surface area contributed by atoms with E-state index in [9.17, 15) is 9.59 Å². The Kier molecular flexibility index (Phi) is 5.57. The fraction of sp³-hybridized carbons (Fsp3) is 0.333. The zero-order valence-electron chi connectivity index (χ0n) is 15.3. The Morgan fingerprint density at radius 2 is 1.92 bits per heavy atom. The summed E-state index contributed by atoms with van der Waals surface area (Å²) < 4.78 is 4.90. The van der Waals surface area contributed by atoms with Crippen molar-refractivity contribution in [3.05, 3.63) is 57.5 Å². The van der Waals surface area contributed by atoms with Gasteiger partial charge >= 0.3 is 5.97 Å². The average Bonchev–Trinajstić information content (AvgIpc) is 3.20. The molecule has 0 fully saturated rings. The van der Waals surface area contributed by atoms with Crippen molar-refractivity contribution < 1.29 is 14.3 Å². The molecule has 0 spiro atoms. The summed E-state index contributed by atoms with van der Waals surface area (Å²) in [6, 6.07) is 8.14. The molecular formula is C21H23NO3S. The predicted octanol–water partition coefficient (Wildman–Crippen LogP) is 4.80. The Morgan fingerprint density at radius 3 is 2.58 bits per heavy atom. The van der Waals surface area contributed by atoms with E-state index in [2.05, 4.69) is 31.3 Å². The van der Waals surface area contributed by atoms with Crippen LogP contribution in [0.1, 0.15) is 58.1 Å². The molecule has 0 saturated heterocycles. The highest BCUT2D eigenvalue weighted by molar-refractivity contribution is 7.17. The fourth-order valence-corrected chi connectivity index (χ4v) is 4.41. The van der Waals surface area contributed by atoms with E-state index in [0.717, 1.165) is 30.4 Å². The Hall–Kier alpha value is -2.40. The van der Waals surface area contributed by atoms with E-state index in [0.29, 0.717) is 16.5 Å². The number of hydrogen-bond acceptors (Lipinski definition) is 4. The van der Waals surface area contributed by atoms with Gasteiger partial charge in [0.2, 0.25) is 5.91 Å². The standard InChI is InChI=1S/C21H23NO3S/c1-13(2)15-10-7-14(8-11-15)9-12-18(23)22-20-19(21(24)25-3)16-5-4-6-17(16)26-20/h7-13H,4-6H2,1-3H3,(H,22,23)/b12-9+. The molecule has 1 aromatic heterocycles. The van der Waals surface area contributed by atoms with E-state index < -0.39 is 0 Å². The molecule has 0 saturated carbocycles. The lowest BCUT2D eigenvalue weighted by atomic mass is 10.0. The van der Waals surface area contributed by atoms with Crippen molar-refractivity contribution in [1.82, 2.24) is 0 Å². The van der Waals surface area contributed by atoms with Gasteiger partial charge in [-0.1, -0.05) is 38.1 Å². The minimum atomic E-state index is -0.382. The molecule has 0 radical (unpaired) electrons. The lowest BCUT2D eigenvalue weighted by Gasteiger charge is -2.06. The summed E-state index contributed by atoms with van der Waals surface area (Å²) in [5, 5.41) is 3.44. The first-order valence-corrected chi connectivity index (χ1v) is 9.63. The molecule has 136 valence electrons. The largest absolute Gasteiger partial charge is 0.465 e. The number of hydrogen-bond donors (Lipinski definition) is 1. The van der Waals surface area contributed by atoms with Gasteiger partial charge in [-0.2, -0.15) is 0 Å². The SMILES string of the molecule is COC(=O)c1c(NC(=O)/C=C/c2ccc(C(C)C)cc2)sc2c1CCC2. The number of anilines is 1. The number of fused-ring (bicyclic) bond motifs is 1. The second-order valence-electron chi connectivity index (χ2n) is 6.70. The van der Waals surface area contributed by atoms with Crippen LogP contribution in [0.15, 0.2) is 30.3 Å². The van der Waals surface area contributed by atoms with Crippen LogP contribution in [0, 0.1) is 0 Å². The molecular weight excluding hydrogens is 346 g/mol. The summed E-state index contributed by atoms with van der Waals surface area (Å²) in [7, 11) is 1.37. The summed E-state index contributed by atoms with van der Waals surface area (Å²) in [6.07, 6.45) is 6.14. The summed E-state index contributed by atoms with van der Waals surface area (Å²) in [5.74, 6) is -0.148. The lowest BCUT2D eigenvalue weighted by Crippen LogP contribution is -2.12. The van der Waals surface area contributed by atoms with Gasteiger partial charge in [0.1, 0.15) is 5.00 Å². The number of methoxy groups -OCH3 is 1. The molecule has 1 amide bonds. The highest BCUT2D eigenvalue weighted by Gasteiger charge is 2.27. The first kappa shape index (κ1) is 18.4. The molecule has 0 bridgehead atoms. The van der Waals surface area contributed by atoms with Crippen LogP contribution in [0.2, 0.25) is 0 Å². The van der Waals surface area contributed by atoms with Crippen molar-refractivity contribution in [2.75, 3.05) is 12.4 Å². The van der Waals surface area contributed by atoms with E-state index in [4.69, 9.17) is 4.74 Å². The molecule has 0 atom stereocenters. The summed E-state index contributed by atoms with van der Waals surface area (Å²) in [6.45, 7) is 4.30. The van der Waals surface area contributed by atoms with Crippen LogP contribution in [0.3, 0.4) is 0 Å². The average molecular weight is 369 g/mol. The number of carbonyl (C=O) groups is 2. The van der Waals surface area contributed by atoms with E-state index in [-0.39, 0.29) is 11.9 Å². The monoisotopic (exact) mass is 369 g/mol. The third-order valence-electron chi connectivity index (χ3n) is 4.58. The van der Waals surface area contributed by atoms with E-state index in [1.54, 1.807) is 6.08 Å². The molecule has 26 heavy (non-hydrogen) atoms. The van der Waals surface area contributed by atoms with Gasteiger partial charge in [-0.15, -0.1) is 11.3 Å². The number of aryl methyl sites for hydroxylation is 1. The number of ether oxygens (including phenoxy) is 1. The van der Waals surface area contributed by atoms with Crippen molar-refractivity contribution in [2.24, 2.45) is 0 Å². The first-order chi connectivity index (χ1) is 12.5. The van der Waals surface area contributed by atoms with Crippen molar-refractivity contribution in [2.45, 2.75) is 39.0 Å². The Balaban J connectivity index is 1.73. The molecule has 0 aliphatic heterocycles. The van der Waals surface area contributed by atoms with Crippen molar-refractivity contribution in [3.8, 4) is 0 Å². The third kappa shape index (κ3) is 3.88. The highest BCUT2D eigenvalue weighted by atomic mass is 32.1. The maximum absolute atomic E-state index is 12.3. The van der Waals surface area contributed by atoms with Gasteiger partial charge in [-0.25, -0.2) is 4.79 Å². The van der Waals surface area contributed by atoms with Gasteiger partial charge in [0.25, 0.3) is 0 Å². The minimum absolute atomic E-state index is 0.247. The van der Waals surface area contributed by atoms with Gasteiger partial charge in [-0.3, -0.25) is 4.79 Å². The summed E-state index contributed by atoms with van der Waals surface area (Å²) >= 11 is 1.48. The summed E-state index contributed by atoms with van der Waals surface area (Å²) in [5.41, 5.74) is 3.78. The highest BCUT2D eigenvalue weighted by Crippen LogP contribution is 2.39. The number of benzene rings is 1. The van der Waals surface area contributed by atoms with Gasteiger partial charge in [0.05, 0.1) is 12.7 Å². The van der Waals surface area contributed by atoms with Gasteiger partial charge < -0.3 is 10.1 Å². The smallest absolute Gasteiger partial charge is 0.341 e. The van der Waals surface area contributed by atoms with Crippen LogP contribution in [-0.4, -0.2) is 19.0 Å². The van der Waals surface area contributed by atoms with Crippen LogP contribution in [0.4, 0.5) is 5.00 Å². The van der Waals surface area contributed by atoms with Crippen molar-refractivity contribution in [1.29, 1.82) is 0 Å². The van der Waals surface area contributed by atoms with E-state index >= 15 is 0 Å². The molecule has 5 heteroatoms. The number of nitrogens with one attached hydrogen (secondary N) is 1. The maximum Gasteiger partial charge on any atom is 0.341 e. The molecule has 1 N–H and O–H groups in total. The normalized spacial score (nSPS) is 13.2. The number of esters is 1. The van der Waals surface area contributed by atoms with Crippen LogP contribution in [0.5, 0.6) is 0 Å². The van der Waals surface area contributed by atoms with E-state index in [1.165, 1.54) is 35.0 Å². The van der Waals surface area contributed by atoms with Crippen LogP contribution >= 0.6 is 11.3 Å². The summed E-state index contributed by atoms with van der Waals surface area (Å²) in [4.78, 5) is 25.6. The fourth-order valence-electron chi connectivity index (χ4n) is 3.13. The molecule has 2 aromatic rings. The van der Waals surface area contributed by atoms with Crippen molar-refractivity contribution in [3.63, 3.8) is 0 Å². The van der Waals surface area contributed by atoms with Crippen molar-refractivity contribution >= 4 is 34.3 Å². The Labute approximate surface area is 157 Å². The van der Waals surface area contributed by atoms with Crippen LogP contribution in [0.25, 0.3) is 6.08 Å². The van der Waals surface area contributed by atoms with Crippen LogP contribution < -0.4 is 5.32 Å². The minimum Gasteiger partial charge on any atom is -0.465 e. The topological polar surface area (TPSA) is 55.4 Å². The molecule has 1 heterocycles. The number of amides is 1. The molecule has 1 aliphatic carbocycles. The van der Waals surface area contributed by atoms with Gasteiger partial charge in [0, 0.05) is 11.0 Å². The lowest BCUT2D eigenvalue weighted by molar-refractivity contribution is -0.111. The zero-order valence-corrected chi connectivity index (χ0v) is 16.1. The molecule has 0 unspecified atom stereocenters. The Bertz CT molecular complexity index is 847. The number of carbonyl (C=O) groups excluding carboxylic acids is 2. The quantitative estimate of drug-likeness (QED) is 0.608. The van der Waals surface area contributed by atoms with Crippen LogP contribution in [-0.2, 0) is 22.4 Å². The molecule has 1 aliphatic rings. The Morgan fingerprint density at radius 1 is 1.19 bits per heavy atom. The zero-order chi connectivity index (χ0) is 18.7. The second-order valence-corrected chi connectivity index (χ2v) is 7.80. The van der Waals surface area contributed by atoms with E-state index in [1.807, 2.05) is 12.1 Å². The van der Waals surface area contributed by atoms with Gasteiger partial charge in [0.15, 0.2) is 0 Å². The molecule has 3 rings (SSSR count). The number of rotatable bonds is 5. The second kappa shape index (κ2) is 7.87.